The van der Waals surface area contributed by atoms with Crippen LogP contribution in [0.5, 0.6) is 5.75 Å². The second-order valence-electron chi connectivity index (χ2n) is 6.35. The molecule has 0 spiro atoms. The minimum Gasteiger partial charge on any atom is -0.493 e. The molecule has 3 amide bonds. The van der Waals surface area contributed by atoms with Crippen LogP contribution in [0.2, 0.25) is 0 Å². The summed E-state index contributed by atoms with van der Waals surface area (Å²) < 4.78 is 5.71. The highest BCUT2D eigenvalue weighted by molar-refractivity contribution is 5.95. The minimum atomic E-state index is -0.109. The van der Waals surface area contributed by atoms with E-state index in [1.165, 1.54) is 0 Å². The lowest BCUT2D eigenvalue weighted by Crippen LogP contribution is -2.27. The fourth-order valence-electron chi connectivity index (χ4n) is 2.78. The first-order valence-electron chi connectivity index (χ1n) is 8.68. The van der Waals surface area contributed by atoms with E-state index in [2.05, 4.69) is 10.6 Å². The molecule has 0 aromatic heterocycles. The van der Waals surface area contributed by atoms with Gasteiger partial charge in [0.05, 0.1) is 13.0 Å². The lowest BCUT2D eigenvalue weighted by molar-refractivity contribution is -0.116. The molecule has 6 nitrogen and oxygen atoms in total. The van der Waals surface area contributed by atoms with Gasteiger partial charge >= 0.3 is 6.03 Å². The maximum Gasteiger partial charge on any atom is 0.321 e. The predicted molar refractivity (Wildman–Crippen MR) is 102 cm³/mol. The van der Waals surface area contributed by atoms with Crippen LogP contribution in [0.4, 0.5) is 16.2 Å². The number of amides is 3. The number of ether oxygens (including phenoxy) is 1. The summed E-state index contributed by atoms with van der Waals surface area (Å²) in [6.07, 6.45) is 0.268. The smallest absolute Gasteiger partial charge is 0.321 e. The van der Waals surface area contributed by atoms with Crippen molar-refractivity contribution in [3.8, 4) is 5.75 Å². The number of carbonyl (C=O) groups excluding carboxylic acids is 2. The van der Waals surface area contributed by atoms with Gasteiger partial charge in [0.15, 0.2) is 0 Å². The van der Waals surface area contributed by atoms with Gasteiger partial charge in [-0.1, -0.05) is 12.1 Å². The molecule has 0 radical (unpaired) electrons. The van der Waals surface area contributed by atoms with E-state index in [0.717, 1.165) is 22.6 Å². The summed E-state index contributed by atoms with van der Waals surface area (Å²) in [5.74, 6) is 0.702. The molecule has 0 atom stereocenters. The minimum absolute atomic E-state index is 0.0922. The Kier molecular flexibility index (Phi) is 5.41. The molecular weight excluding hydrogens is 330 g/mol. The normalized spacial score (nSPS) is 13.5. The summed E-state index contributed by atoms with van der Waals surface area (Å²) in [6.45, 7) is 5.62. The van der Waals surface area contributed by atoms with Gasteiger partial charge in [0, 0.05) is 24.5 Å². The number of hydrogen-bond donors (Lipinski definition) is 2. The fraction of sp³-hybridized carbons (Fsp3) is 0.300. The van der Waals surface area contributed by atoms with Crippen LogP contribution >= 0.6 is 0 Å². The molecule has 0 saturated carbocycles. The molecule has 1 aliphatic heterocycles. The van der Waals surface area contributed by atoms with Crippen molar-refractivity contribution in [3.05, 3.63) is 53.6 Å². The number of rotatable bonds is 6. The molecule has 1 aliphatic rings. The number of nitrogens with one attached hydrogen (secondary N) is 2. The van der Waals surface area contributed by atoms with E-state index in [-0.39, 0.29) is 18.4 Å². The average Bonchev–Trinajstić information content (AvgIpc) is 3.05. The lowest BCUT2D eigenvalue weighted by atomic mass is 10.1. The molecule has 2 aromatic carbocycles. The first-order valence-corrected chi connectivity index (χ1v) is 8.68. The maximum atomic E-state index is 12.1. The Hall–Kier alpha value is -3.02. The van der Waals surface area contributed by atoms with Crippen LogP contribution in [0, 0.1) is 13.8 Å². The van der Waals surface area contributed by atoms with Crippen LogP contribution < -0.4 is 20.3 Å². The summed E-state index contributed by atoms with van der Waals surface area (Å²) >= 11 is 0. The summed E-state index contributed by atoms with van der Waals surface area (Å²) in [4.78, 5) is 25.4. The molecule has 26 heavy (non-hydrogen) atoms. The first kappa shape index (κ1) is 17.8. The quantitative estimate of drug-likeness (QED) is 0.837. The summed E-state index contributed by atoms with van der Waals surface area (Å²) in [5.41, 5.74) is 3.70. The van der Waals surface area contributed by atoms with Gasteiger partial charge in [-0.05, 0) is 55.3 Å². The molecule has 1 saturated heterocycles. The molecule has 2 N–H and O–H groups in total. The Morgan fingerprint density at radius 3 is 2.65 bits per heavy atom. The van der Waals surface area contributed by atoms with Gasteiger partial charge < -0.3 is 15.4 Å². The number of benzene rings is 2. The SMILES string of the molecule is Cc1ccc(C)c(OCCC(=O)Nc2ccc(N3CCNC3=O)cc2)c1. The molecule has 6 heteroatoms. The number of anilines is 2. The third-order valence-corrected chi connectivity index (χ3v) is 4.25. The van der Waals surface area contributed by atoms with Crippen LogP contribution in [0.3, 0.4) is 0 Å². The van der Waals surface area contributed by atoms with Crippen molar-refractivity contribution < 1.29 is 14.3 Å². The van der Waals surface area contributed by atoms with E-state index in [4.69, 9.17) is 4.74 Å². The number of nitrogens with zero attached hydrogens (tertiary/aromatic N) is 1. The Balaban J connectivity index is 1.48. The largest absolute Gasteiger partial charge is 0.493 e. The highest BCUT2D eigenvalue weighted by Gasteiger charge is 2.20. The van der Waals surface area contributed by atoms with Crippen LogP contribution in [0.25, 0.3) is 0 Å². The lowest BCUT2D eigenvalue weighted by Gasteiger charge is -2.15. The highest BCUT2D eigenvalue weighted by atomic mass is 16.5. The monoisotopic (exact) mass is 353 g/mol. The number of aryl methyl sites for hydroxylation is 2. The van der Waals surface area contributed by atoms with Gasteiger partial charge in [0.1, 0.15) is 5.75 Å². The number of hydrogen-bond acceptors (Lipinski definition) is 3. The molecule has 1 heterocycles. The van der Waals surface area contributed by atoms with Crippen molar-refractivity contribution in [1.29, 1.82) is 0 Å². The molecule has 0 bridgehead atoms. The van der Waals surface area contributed by atoms with Crippen molar-refractivity contribution in [2.45, 2.75) is 20.3 Å². The standard InChI is InChI=1S/C20H23N3O3/c1-14-3-4-15(2)18(13-14)26-12-9-19(24)22-16-5-7-17(8-6-16)23-11-10-21-20(23)25/h3-8,13H,9-12H2,1-2H3,(H,21,25)(H,22,24). The molecule has 0 unspecified atom stereocenters. The third-order valence-electron chi connectivity index (χ3n) is 4.25. The fourth-order valence-corrected chi connectivity index (χ4v) is 2.78. The van der Waals surface area contributed by atoms with Crippen molar-refractivity contribution in [3.63, 3.8) is 0 Å². The zero-order valence-corrected chi connectivity index (χ0v) is 15.0. The topological polar surface area (TPSA) is 70.7 Å². The van der Waals surface area contributed by atoms with Gasteiger partial charge in [0.25, 0.3) is 0 Å². The second-order valence-corrected chi connectivity index (χ2v) is 6.35. The van der Waals surface area contributed by atoms with E-state index < -0.39 is 0 Å². The van der Waals surface area contributed by atoms with Gasteiger partial charge in [-0.15, -0.1) is 0 Å². The third kappa shape index (κ3) is 4.33. The van der Waals surface area contributed by atoms with Crippen molar-refractivity contribution in [2.24, 2.45) is 0 Å². The zero-order valence-electron chi connectivity index (χ0n) is 15.0. The van der Waals surface area contributed by atoms with Crippen molar-refractivity contribution in [2.75, 3.05) is 29.9 Å². The average molecular weight is 353 g/mol. The molecule has 2 aromatic rings. The Morgan fingerprint density at radius 2 is 1.96 bits per heavy atom. The molecule has 1 fully saturated rings. The zero-order chi connectivity index (χ0) is 18.5. The van der Waals surface area contributed by atoms with E-state index in [9.17, 15) is 9.59 Å². The molecule has 0 aliphatic carbocycles. The number of urea groups is 1. The highest BCUT2D eigenvalue weighted by Crippen LogP contribution is 2.21. The Labute approximate surface area is 153 Å². The Morgan fingerprint density at radius 1 is 1.19 bits per heavy atom. The van der Waals surface area contributed by atoms with Gasteiger partial charge in [-0.25, -0.2) is 4.79 Å². The molecular formula is C20H23N3O3. The van der Waals surface area contributed by atoms with Gasteiger partial charge in [-0.2, -0.15) is 0 Å². The number of carbonyl (C=O) groups is 2. The van der Waals surface area contributed by atoms with E-state index in [1.807, 2.05) is 44.2 Å². The van der Waals surface area contributed by atoms with Crippen LogP contribution in [-0.2, 0) is 4.79 Å². The van der Waals surface area contributed by atoms with E-state index in [1.54, 1.807) is 17.0 Å². The predicted octanol–water partition coefficient (Wildman–Crippen LogP) is 3.24. The van der Waals surface area contributed by atoms with Crippen molar-refractivity contribution >= 4 is 23.3 Å². The van der Waals surface area contributed by atoms with Gasteiger partial charge in [-0.3, -0.25) is 9.69 Å². The van der Waals surface area contributed by atoms with E-state index in [0.29, 0.717) is 25.4 Å². The van der Waals surface area contributed by atoms with Gasteiger partial charge in [0.2, 0.25) is 5.91 Å². The second kappa shape index (κ2) is 7.91. The van der Waals surface area contributed by atoms with Crippen LogP contribution in [-0.4, -0.2) is 31.6 Å². The van der Waals surface area contributed by atoms with Crippen molar-refractivity contribution in [1.82, 2.24) is 5.32 Å². The first-order chi connectivity index (χ1) is 12.5. The van der Waals surface area contributed by atoms with Crippen LogP contribution in [0.15, 0.2) is 42.5 Å². The van der Waals surface area contributed by atoms with Crippen LogP contribution in [0.1, 0.15) is 17.5 Å². The molecule has 3 rings (SSSR count). The summed E-state index contributed by atoms with van der Waals surface area (Å²) in [7, 11) is 0. The molecule has 136 valence electrons. The maximum absolute atomic E-state index is 12.1. The van der Waals surface area contributed by atoms with E-state index >= 15 is 0 Å². The Bertz CT molecular complexity index is 802. The summed E-state index contributed by atoms with van der Waals surface area (Å²) in [5, 5.41) is 5.61. The summed E-state index contributed by atoms with van der Waals surface area (Å²) in [6, 6.07) is 13.2.